The Labute approximate surface area is 141 Å². The molecule has 1 unspecified atom stereocenters. The molecule has 0 saturated heterocycles. The van der Waals surface area contributed by atoms with Crippen LogP contribution in [0.1, 0.15) is 23.6 Å². The molecule has 5 heteroatoms. The summed E-state index contributed by atoms with van der Waals surface area (Å²) in [6.07, 6.45) is 0. The third-order valence-electron chi connectivity index (χ3n) is 3.64. The fourth-order valence-corrected chi connectivity index (χ4v) is 2.30. The molecule has 4 nitrogen and oxygen atoms in total. The summed E-state index contributed by atoms with van der Waals surface area (Å²) < 4.78 is 5.91. The smallest absolute Gasteiger partial charge is 0.320 e. The molecule has 122 valence electrons. The molecular weight excluding hydrogens is 314 g/mol. The van der Waals surface area contributed by atoms with Gasteiger partial charge in [0.1, 0.15) is 18.4 Å². The number of rotatable bonds is 7. The monoisotopic (exact) mass is 333 g/mol. The molecule has 0 aliphatic heterocycles. The first-order valence-corrected chi connectivity index (χ1v) is 7.77. The number of hydrogen-bond acceptors (Lipinski definition) is 3. The van der Waals surface area contributed by atoms with Crippen molar-refractivity contribution in [1.82, 2.24) is 5.32 Å². The fourth-order valence-electron chi connectivity index (χ4n) is 2.10. The lowest BCUT2D eigenvalue weighted by Crippen LogP contribution is -2.33. The zero-order valence-corrected chi connectivity index (χ0v) is 13.9. The normalized spacial score (nSPS) is 12.0. The lowest BCUT2D eigenvalue weighted by Gasteiger charge is -2.15. The van der Waals surface area contributed by atoms with E-state index in [-0.39, 0.29) is 0 Å². The second-order valence-corrected chi connectivity index (χ2v) is 5.84. The summed E-state index contributed by atoms with van der Waals surface area (Å²) in [7, 11) is 0. The molecule has 2 rings (SSSR count). The molecule has 23 heavy (non-hydrogen) atoms. The number of hydrogen-bond donors (Lipinski definition) is 2. The van der Waals surface area contributed by atoms with Gasteiger partial charge in [0.25, 0.3) is 0 Å². The van der Waals surface area contributed by atoms with Crippen molar-refractivity contribution in [3.8, 4) is 5.75 Å². The van der Waals surface area contributed by atoms with Crippen molar-refractivity contribution < 1.29 is 14.6 Å². The average molecular weight is 334 g/mol. The summed E-state index contributed by atoms with van der Waals surface area (Å²) in [5, 5.41) is 12.5. The lowest BCUT2D eigenvalue weighted by molar-refractivity contribution is -0.139. The van der Waals surface area contributed by atoms with Gasteiger partial charge < -0.3 is 15.2 Å². The van der Waals surface area contributed by atoms with Gasteiger partial charge in [0.2, 0.25) is 0 Å². The van der Waals surface area contributed by atoms with Crippen molar-refractivity contribution in [3.05, 3.63) is 64.2 Å². The predicted molar refractivity (Wildman–Crippen MR) is 90.9 cm³/mol. The van der Waals surface area contributed by atoms with E-state index in [2.05, 4.69) is 5.32 Å². The van der Waals surface area contributed by atoms with E-state index in [9.17, 15) is 4.79 Å². The highest BCUT2D eigenvalue weighted by molar-refractivity contribution is 6.30. The number of benzene rings is 2. The molecule has 0 heterocycles. The minimum absolute atomic E-state index is 0.372. The minimum atomic E-state index is -0.894. The van der Waals surface area contributed by atoms with Crippen LogP contribution >= 0.6 is 11.6 Å². The van der Waals surface area contributed by atoms with Gasteiger partial charge in [0, 0.05) is 17.1 Å². The molecule has 0 aliphatic rings. The van der Waals surface area contributed by atoms with Gasteiger partial charge in [0.15, 0.2) is 0 Å². The van der Waals surface area contributed by atoms with Crippen molar-refractivity contribution in [3.63, 3.8) is 0 Å². The second kappa shape index (κ2) is 7.99. The van der Waals surface area contributed by atoms with Gasteiger partial charge in [-0.25, -0.2) is 0 Å². The summed E-state index contributed by atoms with van der Waals surface area (Å²) in [5.74, 6) is -0.197. The highest BCUT2D eigenvalue weighted by Gasteiger charge is 2.12. The van der Waals surface area contributed by atoms with Crippen LogP contribution < -0.4 is 10.1 Å². The van der Waals surface area contributed by atoms with Crippen LogP contribution in [0, 0.1) is 6.92 Å². The number of halogens is 1. The SMILES string of the molecule is Cc1ccccc1COc1ccc(Cl)cc1CNC(C)C(=O)O. The molecule has 2 N–H and O–H groups in total. The van der Waals surface area contributed by atoms with Crippen LogP contribution in [0.15, 0.2) is 42.5 Å². The van der Waals surface area contributed by atoms with E-state index in [1.165, 1.54) is 5.56 Å². The fraction of sp³-hybridized carbons (Fsp3) is 0.278. The Bertz CT molecular complexity index is 688. The van der Waals surface area contributed by atoms with Crippen LogP contribution in [0.3, 0.4) is 0 Å². The van der Waals surface area contributed by atoms with Crippen molar-refractivity contribution in [2.24, 2.45) is 0 Å². The Hall–Kier alpha value is -2.04. The Morgan fingerprint density at radius 2 is 2.00 bits per heavy atom. The zero-order chi connectivity index (χ0) is 16.8. The third kappa shape index (κ3) is 4.98. The molecule has 0 amide bonds. The number of carboxylic acid groups (broad SMARTS) is 1. The number of aliphatic carboxylic acids is 1. The highest BCUT2D eigenvalue weighted by Crippen LogP contribution is 2.24. The Kier molecular flexibility index (Phi) is 6.02. The van der Waals surface area contributed by atoms with E-state index in [1.54, 1.807) is 19.1 Å². The summed E-state index contributed by atoms with van der Waals surface area (Å²) in [6, 6.07) is 12.7. The van der Waals surface area contributed by atoms with Crippen LogP contribution in [0.5, 0.6) is 5.75 Å². The Morgan fingerprint density at radius 1 is 1.26 bits per heavy atom. The standard InChI is InChI=1S/C18H20ClNO3/c1-12-5-3-4-6-14(12)11-23-17-8-7-16(19)9-15(17)10-20-13(2)18(21)22/h3-9,13,20H,10-11H2,1-2H3,(H,21,22). The first-order valence-electron chi connectivity index (χ1n) is 7.39. The van der Waals surface area contributed by atoms with Crippen LogP contribution in [0.25, 0.3) is 0 Å². The topological polar surface area (TPSA) is 58.6 Å². The van der Waals surface area contributed by atoms with Gasteiger partial charge in [-0.2, -0.15) is 0 Å². The van der Waals surface area contributed by atoms with Gasteiger partial charge in [-0.05, 0) is 43.2 Å². The van der Waals surface area contributed by atoms with Crippen molar-refractivity contribution in [2.75, 3.05) is 0 Å². The molecule has 0 aromatic heterocycles. The van der Waals surface area contributed by atoms with Crippen LogP contribution in [-0.4, -0.2) is 17.1 Å². The third-order valence-corrected chi connectivity index (χ3v) is 3.87. The molecular formula is C18H20ClNO3. The summed E-state index contributed by atoms with van der Waals surface area (Å²) in [4.78, 5) is 10.9. The number of carbonyl (C=O) groups is 1. The van der Waals surface area contributed by atoms with Crippen molar-refractivity contribution in [1.29, 1.82) is 0 Å². The minimum Gasteiger partial charge on any atom is -0.489 e. The number of ether oxygens (including phenoxy) is 1. The maximum absolute atomic E-state index is 10.9. The van der Waals surface area contributed by atoms with E-state index in [1.807, 2.05) is 37.3 Å². The first-order chi connectivity index (χ1) is 11.0. The van der Waals surface area contributed by atoms with E-state index < -0.39 is 12.0 Å². The Balaban J connectivity index is 2.09. The molecule has 0 fully saturated rings. The summed E-state index contributed by atoms with van der Waals surface area (Å²) in [6.45, 7) is 4.46. The van der Waals surface area contributed by atoms with Crippen LogP contribution in [0.4, 0.5) is 0 Å². The van der Waals surface area contributed by atoms with E-state index in [4.69, 9.17) is 21.4 Å². The Morgan fingerprint density at radius 3 is 2.70 bits per heavy atom. The van der Waals surface area contributed by atoms with Gasteiger partial charge in [-0.1, -0.05) is 35.9 Å². The number of carboxylic acids is 1. The van der Waals surface area contributed by atoms with Gasteiger partial charge in [0.05, 0.1) is 0 Å². The van der Waals surface area contributed by atoms with E-state index in [0.29, 0.717) is 23.9 Å². The molecule has 0 saturated carbocycles. The molecule has 2 aromatic rings. The van der Waals surface area contributed by atoms with Crippen molar-refractivity contribution in [2.45, 2.75) is 33.0 Å². The predicted octanol–water partition coefficient (Wildman–Crippen LogP) is 3.79. The van der Waals surface area contributed by atoms with Crippen LogP contribution in [0.2, 0.25) is 5.02 Å². The summed E-state index contributed by atoms with van der Waals surface area (Å²) in [5.41, 5.74) is 3.11. The zero-order valence-electron chi connectivity index (χ0n) is 13.2. The van der Waals surface area contributed by atoms with E-state index in [0.717, 1.165) is 11.1 Å². The second-order valence-electron chi connectivity index (χ2n) is 5.41. The summed E-state index contributed by atoms with van der Waals surface area (Å²) >= 11 is 6.04. The molecule has 0 bridgehead atoms. The molecule has 1 atom stereocenters. The van der Waals surface area contributed by atoms with Gasteiger partial charge in [-0.15, -0.1) is 0 Å². The molecule has 0 radical (unpaired) electrons. The lowest BCUT2D eigenvalue weighted by atomic mass is 10.1. The highest BCUT2D eigenvalue weighted by atomic mass is 35.5. The number of nitrogens with one attached hydrogen (secondary N) is 1. The molecule has 0 aliphatic carbocycles. The first kappa shape index (κ1) is 17.3. The molecule has 0 spiro atoms. The molecule has 2 aromatic carbocycles. The van der Waals surface area contributed by atoms with Gasteiger partial charge >= 0.3 is 5.97 Å². The van der Waals surface area contributed by atoms with Crippen LogP contribution in [-0.2, 0) is 17.9 Å². The van der Waals surface area contributed by atoms with Crippen molar-refractivity contribution >= 4 is 17.6 Å². The maximum Gasteiger partial charge on any atom is 0.320 e. The van der Waals surface area contributed by atoms with Gasteiger partial charge in [-0.3, -0.25) is 4.79 Å². The quantitative estimate of drug-likeness (QED) is 0.809. The number of aryl methyl sites for hydroxylation is 1. The largest absolute Gasteiger partial charge is 0.489 e. The average Bonchev–Trinajstić information content (AvgIpc) is 2.52. The van der Waals surface area contributed by atoms with E-state index >= 15 is 0 Å². The maximum atomic E-state index is 10.9.